The van der Waals surface area contributed by atoms with Crippen LogP contribution in [0.3, 0.4) is 0 Å². The van der Waals surface area contributed by atoms with Gasteiger partial charge in [0.1, 0.15) is 5.75 Å². The third kappa shape index (κ3) is 6.95. The zero-order chi connectivity index (χ0) is 14.8. The van der Waals surface area contributed by atoms with Crippen LogP contribution in [0.5, 0.6) is 5.75 Å². The van der Waals surface area contributed by atoms with Crippen molar-refractivity contribution in [3.8, 4) is 5.75 Å². The molecule has 0 saturated carbocycles. The van der Waals surface area contributed by atoms with E-state index in [0.29, 0.717) is 6.54 Å². The lowest BCUT2D eigenvalue weighted by atomic mass is 10.1. The first-order valence-corrected chi connectivity index (χ1v) is 7.12. The minimum atomic E-state index is -0.124. The predicted octanol–water partition coefficient (Wildman–Crippen LogP) is 2.43. The average molecular weight is 276 g/mol. The maximum absolute atomic E-state index is 11.6. The van der Waals surface area contributed by atoms with Crippen LogP contribution < -0.4 is 11.1 Å². The molecule has 0 aliphatic rings. The predicted molar refractivity (Wildman–Crippen MR) is 82.3 cm³/mol. The Morgan fingerprint density at radius 3 is 2.70 bits per heavy atom. The molecule has 0 bridgehead atoms. The van der Waals surface area contributed by atoms with Crippen molar-refractivity contribution in [2.75, 3.05) is 6.54 Å². The highest BCUT2D eigenvalue weighted by Gasteiger charge is 2.02. The van der Waals surface area contributed by atoms with Crippen LogP contribution in [-0.2, 0) is 4.79 Å². The molecule has 1 unspecified atom stereocenters. The van der Waals surface area contributed by atoms with Crippen LogP contribution >= 0.6 is 0 Å². The van der Waals surface area contributed by atoms with Crippen molar-refractivity contribution >= 4 is 12.0 Å². The first-order chi connectivity index (χ1) is 9.61. The highest BCUT2D eigenvalue weighted by molar-refractivity contribution is 5.91. The summed E-state index contributed by atoms with van der Waals surface area (Å²) in [5, 5.41) is 12.0. The molecular weight excluding hydrogens is 252 g/mol. The normalized spacial score (nSPS) is 12.5. The monoisotopic (exact) mass is 276 g/mol. The van der Waals surface area contributed by atoms with E-state index in [1.807, 2.05) is 0 Å². The number of rotatable bonds is 8. The second kappa shape index (κ2) is 9.15. The van der Waals surface area contributed by atoms with Crippen LogP contribution in [0.15, 0.2) is 30.3 Å². The Labute approximate surface area is 120 Å². The highest BCUT2D eigenvalue weighted by Crippen LogP contribution is 2.10. The number of phenolic OH excluding ortho intramolecular Hbond substituents is 1. The highest BCUT2D eigenvalue weighted by atomic mass is 16.3. The zero-order valence-corrected chi connectivity index (χ0v) is 12.0. The third-order valence-corrected chi connectivity index (χ3v) is 3.06. The average Bonchev–Trinajstić information content (AvgIpc) is 2.44. The third-order valence-electron chi connectivity index (χ3n) is 3.06. The molecule has 0 heterocycles. The molecule has 0 aliphatic heterocycles. The Balaban J connectivity index is 2.24. The molecule has 4 nitrogen and oxygen atoms in total. The number of nitrogens with two attached hydrogens (primary N) is 1. The van der Waals surface area contributed by atoms with E-state index in [1.54, 1.807) is 30.3 Å². The summed E-state index contributed by atoms with van der Waals surface area (Å²) in [5.41, 5.74) is 6.80. The lowest BCUT2D eigenvalue weighted by Gasteiger charge is -2.10. The molecule has 1 aromatic rings. The molecule has 1 rings (SSSR count). The summed E-state index contributed by atoms with van der Waals surface area (Å²) in [6, 6.07) is 6.84. The van der Waals surface area contributed by atoms with E-state index in [9.17, 15) is 4.79 Å². The molecule has 0 fully saturated rings. The molecule has 0 saturated heterocycles. The van der Waals surface area contributed by atoms with Crippen LogP contribution in [0.2, 0.25) is 0 Å². The van der Waals surface area contributed by atoms with Crippen molar-refractivity contribution in [2.24, 2.45) is 5.73 Å². The summed E-state index contributed by atoms with van der Waals surface area (Å²) in [6.45, 7) is 2.74. The number of nitrogens with one attached hydrogen (secondary N) is 1. The molecule has 0 spiro atoms. The Morgan fingerprint density at radius 1 is 1.35 bits per heavy atom. The molecule has 20 heavy (non-hydrogen) atoms. The van der Waals surface area contributed by atoms with Gasteiger partial charge in [-0.25, -0.2) is 0 Å². The lowest BCUT2D eigenvalue weighted by Crippen LogP contribution is -2.29. The maximum atomic E-state index is 11.6. The summed E-state index contributed by atoms with van der Waals surface area (Å²) in [5.74, 6) is 0.0911. The van der Waals surface area contributed by atoms with Crippen molar-refractivity contribution in [1.29, 1.82) is 0 Å². The number of amides is 1. The second-order valence-electron chi connectivity index (χ2n) is 4.91. The fourth-order valence-electron chi connectivity index (χ4n) is 1.81. The summed E-state index contributed by atoms with van der Waals surface area (Å²) >= 11 is 0. The van der Waals surface area contributed by atoms with Crippen LogP contribution in [0.25, 0.3) is 6.08 Å². The number of aromatic hydroxyl groups is 1. The molecular formula is C16H24N2O2. The van der Waals surface area contributed by atoms with Gasteiger partial charge in [0, 0.05) is 18.7 Å². The van der Waals surface area contributed by atoms with Crippen molar-refractivity contribution in [3.05, 3.63) is 35.9 Å². The van der Waals surface area contributed by atoms with Gasteiger partial charge in [0.25, 0.3) is 0 Å². The minimum absolute atomic E-state index is 0.124. The first kappa shape index (κ1) is 16.2. The van der Waals surface area contributed by atoms with Crippen molar-refractivity contribution in [3.63, 3.8) is 0 Å². The molecule has 0 radical (unpaired) electrons. The minimum Gasteiger partial charge on any atom is -0.508 e. The number of benzene rings is 1. The van der Waals surface area contributed by atoms with Gasteiger partial charge in [-0.05, 0) is 36.6 Å². The van der Waals surface area contributed by atoms with Gasteiger partial charge in [0.05, 0.1) is 0 Å². The van der Waals surface area contributed by atoms with Gasteiger partial charge in [-0.3, -0.25) is 4.79 Å². The molecule has 0 aliphatic carbocycles. The van der Waals surface area contributed by atoms with E-state index in [1.165, 1.54) is 6.08 Å². The fraction of sp³-hybridized carbons (Fsp3) is 0.438. The number of hydrogen-bond donors (Lipinski definition) is 3. The smallest absolute Gasteiger partial charge is 0.243 e. The molecule has 1 atom stereocenters. The summed E-state index contributed by atoms with van der Waals surface area (Å²) in [7, 11) is 0. The van der Waals surface area contributed by atoms with E-state index < -0.39 is 0 Å². The van der Waals surface area contributed by atoms with Gasteiger partial charge in [-0.15, -0.1) is 0 Å². The fourth-order valence-corrected chi connectivity index (χ4v) is 1.81. The second-order valence-corrected chi connectivity index (χ2v) is 4.91. The van der Waals surface area contributed by atoms with Gasteiger partial charge in [-0.2, -0.15) is 0 Å². The molecule has 0 aromatic heterocycles. The van der Waals surface area contributed by atoms with Crippen molar-refractivity contribution in [1.82, 2.24) is 5.32 Å². The van der Waals surface area contributed by atoms with Gasteiger partial charge >= 0.3 is 0 Å². The number of unbranched alkanes of at least 4 members (excludes halogenated alkanes) is 1. The van der Waals surface area contributed by atoms with Crippen molar-refractivity contribution in [2.45, 2.75) is 38.6 Å². The molecule has 1 amide bonds. The van der Waals surface area contributed by atoms with E-state index in [2.05, 4.69) is 12.2 Å². The van der Waals surface area contributed by atoms with Gasteiger partial charge in [0.2, 0.25) is 5.91 Å². The lowest BCUT2D eigenvalue weighted by molar-refractivity contribution is -0.116. The van der Waals surface area contributed by atoms with Crippen molar-refractivity contribution < 1.29 is 9.90 Å². The topological polar surface area (TPSA) is 75.3 Å². The molecule has 1 aromatic carbocycles. The van der Waals surface area contributed by atoms with E-state index in [0.717, 1.165) is 31.2 Å². The summed E-state index contributed by atoms with van der Waals surface area (Å²) in [4.78, 5) is 11.6. The summed E-state index contributed by atoms with van der Waals surface area (Å²) < 4.78 is 0. The Bertz CT molecular complexity index is 427. The molecule has 4 N–H and O–H groups in total. The molecule has 110 valence electrons. The Morgan fingerprint density at radius 2 is 2.05 bits per heavy atom. The number of carbonyl (C=O) groups excluding carboxylic acids is 1. The van der Waals surface area contributed by atoms with Crippen LogP contribution in [0, 0.1) is 0 Å². The SMILES string of the molecule is CCCCC(N)CCNC(=O)C=Cc1ccc(O)cc1. The summed E-state index contributed by atoms with van der Waals surface area (Å²) in [6.07, 6.45) is 7.30. The largest absolute Gasteiger partial charge is 0.508 e. The number of phenols is 1. The van der Waals surface area contributed by atoms with Gasteiger partial charge in [0.15, 0.2) is 0 Å². The number of carbonyl (C=O) groups is 1. The van der Waals surface area contributed by atoms with Gasteiger partial charge < -0.3 is 16.2 Å². The van der Waals surface area contributed by atoms with E-state index >= 15 is 0 Å². The maximum Gasteiger partial charge on any atom is 0.243 e. The standard InChI is InChI=1S/C16H24N2O2/c1-2-3-4-14(17)11-12-18-16(20)10-7-13-5-8-15(19)9-6-13/h5-10,14,19H,2-4,11-12,17H2,1H3,(H,18,20). The molecule has 4 heteroatoms. The van der Waals surface area contributed by atoms with Gasteiger partial charge in [-0.1, -0.05) is 31.9 Å². The van der Waals surface area contributed by atoms with E-state index in [-0.39, 0.29) is 17.7 Å². The van der Waals surface area contributed by atoms with E-state index in [4.69, 9.17) is 10.8 Å². The Hall–Kier alpha value is -1.81. The van der Waals surface area contributed by atoms with Crippen LogP contribution in [0.4, 0.5) is 0 Å². The Kier molecular flexibility index (Phi) is 7.43. The number of hydrogen-bond acceptors (Lipinski definition) is 3. The van der Waals surface area contributed by atoms with Crippen LogP contribution in [-0.4, -0.2) is 23.6 Å². The quantitative estimate of drug-likeness (QED) is 0.638. The zero-order valence-electron chi connectivity index (χ0n) is 12.0. The van der Waals surface area contributed by atoms with Crippen LogP contribution in [0.1, 0.15) is 38.2 Å². The first-order valence-electron chi connectivity index (χ1n) is 7.12.